The fourth-order valence-electron chi connectivity index (χ4n) is 1.88. The molecule has 0 bridgehead atoms. The average molecular weight is 292 g/mol. The normalized spacial score (nSPS) is 11.0. The first-order valence-corrected chi connectivity index (χ1v) is 6.05. The number of hydrogen-bond donors (Lipinski definition) is 1. The molecule has 3 aromatic carbocycles. The Morgan fingerprint density at radius 2 is 1.00 bits per heavy atom. The van der Waals surface area contributed by atoms with Gasteiger partial charge >= 0.3 is 12.1 Å². The summed E-state index contributed by atoms with van der Waals surface area (Å²) in [6.45, 7) is 0. The van der Waals surface area contributed by atoms with Crippen LogP contribution in [0.2, 0.25) is 0 Å². The highest BCUT2D eigenvalue weighted by Crippen LogP contribution is 2.22. The summed E-state index contributed by atoms with van der Waals surface area (Å²) < 4.78 is 31.7. The highest BCUT2D eigenvalue weighted by Gasteiger charge is 2.38. The van der Waals surface area contributed by atoms with Crippen molar-refractivity contribution in [2.24, 2.45) is 0 Å². The van der Waals surface area contributed by atoms with Crippen molar-refractivity contribution in [1.82, 2.24) is 0 Å². The number of aliphatic carboxylic acids is 1. The van der Waals surface area contributed by atoms with Gasteiger partial charge in [-0.3, -0.25) is 0 Å². The molecule has 0 aliphatic heterocycles. The number of alkyl halides is 3. The molecule has 0 radical (unpaired) electrons. The van der Waals surface area contributed by atoms with Crippen molar-refractivity contribution < 1.29 is 23.1 Å². The standard InChI is InChI=1S/C14H10.C2HF3O2/c1-2-6-12-10-14-8-4-3-7-13(14)9-11(12)5-1;3-2(4,5)1(6)7/h1-10H;(H,6,7). The third-order valence-corrected chi connectivity index (χ3v) is 2.86. The van der Waals surface area contributed by atoms with Gasteiger partial charge in [0.2, 0.25) is 0 Å². The van der Waals surface area contributed by atoms with Crippen LogP contribution in [-0.4, -0.2) is 17.3 Å². The molecule has 5 heteroatoms. The van der Waals surface area contributed by atoms with Crippen molar-refractivity contribution in [1.29, 1.82) is 0 Å². The number of carbonyl (C=O) groups is 1. The molecule has 0 saturated heterocycles. The van der Waals surface area contributed by atoms with E-state index in [-0.39, 0.29) is 0 Å². The van der Waals surface area contributed by atoms with E-state index in [1.807, 2.05) is 0 Å². The van der Waals surface area contributed by atoms with Gasteiger partial charge in [0.1, 0.15) is 0 Å². The monoisotopic (exact) mass is 292 g/mol. The van der Waals surface area contributed by atoms with Gasteiger partial charge < -0.3 is 5.11 Å². The van der Waals surface area contributed by atoms with E-state index < -0.39 is 12.1 Å². The van der Waals surface area contributed by atoms with Crippen molar-refractivity contribution in [3.05, 3.63) is 60.7 Å². The van der Waals surface area contributed by atoms with Crippen LogP contribution in [0.4, 0.5) is 13.2 Å². The second-order valence-corrected chi connectivity index (χ2v) is 4.35. The van der Waals surface area contributed by atoms with Crippen LogP contribution >= 0.6 is 0 Å². The molecular formula is C16H11F3O2. The van der Waals surface area contributed by atoms with E-state index in [0.29, 0.717) is 0 Å². The van der Waals surface area contributed by atoms with Crippen LogP contribution in [0.5, 0.6) is 0 Å². The SMILES string of the molecule is O=C(O)C(F)(F)F.c1ccc2cc3ccccc3cc2c1. The molecule has 0 heterocycles. The van der Waals surface area contributed by atoms with Gasteiger partial charge in [0.15, 0.2) is 0 Å². The van der Waals surface area contributed by atoms with Gasteiger partial charge in [-0.1, -0.05) is 48.5 Å². The maximum atomic E-state index is 10.6. The predicted octanol–water partition coefficient (Wildman–Crippen LogP) is 4.63. The second-order valence-electron chi connectivity index (χ2n) is 4.35. The lowest BCUT2D eigenvalue weighted by molar-refractivity contribution is -0.192. The molecule has 3 rings (SSSR count). The number of benzene rings is 3. The molecule has 21 heavy (non-hydrogen) atoms. The Hall–Kier alpha value is -2.56. The molecule has 3 aromatic rings. The topological polar surface area (TPSA) is 37.3 Å². The zero-order valence-corrected chi connectivity index (χ0v) is 10.8. The zero-order valence-electron chi connectivity index (χ0n) is 10.8. The molecule has 1 N–H and O–H groups in total. The smallest absolute Gasteiger partial charge is 0.475 e. The molecular weight excluding hydrogens is 281 g/mol. The van der Waals surface area contributed by atoms with E-state index in [2.05, 4.69) is 60.7 Å². The number of fused-ring (bicyclic) bond motifs is 2. The van der Waals surface area contributed by atoms with Crippen LogP contribution in [-0.2, 0) is 4.79 Å². The second kappa shape index (κ2) is 5.83. The summed E-state index contributed by atoms with van der Waals surface area (Å²) in [7, 11) is 0. The van der Waals surface area contributed by atoms with Crippen molar-refractivity contribution in [2.75, 3.05) is 0 Å². The highest BCUT2D eigenvalue weighted by molar-refractivity contribution is 5.98. The van der Waals surface area contributed by atoms with Gasteiger partial charge in [-0.2, -0.15) is 13.2 Å². The highest BCUT2D eigenvalue weighted by atomic mass is 19.4. The summed E-state index contributed by atoms with van der Waals surface area (Å²) in [5.41, 5.74) is 0. The summed E-state index contributed by atoms with van der Waals surface area (Å²) in [6, 6.07) is 21.4. The summed E-state index contributed by atoms with van der Waals surface area (Å²) in [6.07, 6.45) is -5.08. The lowest BCUT2D eigenvalue weighted by atomic mass is 10.0. The third-order valence-electron chi connectivity index (χ3n) is 2.86. The molecule has 0 amide bonds. The van der Waals surface area contributed by atoms with Crippen molar-refractivity contribution in [3.63, 3.8) is 0 Å². The Balaban J connectivity index is 0.000000199. The molecule has 0 unspecified atom stereocenters. The number of rotatable bonds is 0. The Morgan fingerprint density at radius 1 is 0.762 bits per heavy atom. The summed E-state index contributed by atoms with van der Waals surface area (Å²) in [5, 5.41) is 12.4. The number of halogens is 3. The molecule has 0 saturated carbocycles. The Kier molecular flexibility index (Phi) is 4.12. The van der Waals surface area contributed by atoms with Crippen LogP contribution in [0.25, 0.3) is 21.5 Å². The van der Waals surface area contributed by atoms with E-state index in [1.165, 1.54) is 21.5 Å². The van der Waals surface area contributed by atoms with Crippen LogP contribution in [0.1, 0.15) is 0 Å². The molecule has 0 aromatic heterocycles. The Labute approximate surface area is 118 Å². The molecule has 0 atom stereocenters. The fraction of sp³-hybridized carbons (Fsp3) is 0.0625. The van der Waals surface area contributed by atoms with Crippen LogP contribution in [0.3, 0.4) is 0 Å². The first-order valence-electron chi connectivity index (χ1n) is 6.05. The van der Waals surface area contributed by atoms with Gasteiger partial charge in [0.05, 0.1) is 0 Å². The lowest BCUT2D eigenvalue weighted by Crippen LogP contribution is -2.21. The van der Waals surface area contributed by atoms with Crippen molar-refractivity contribution >= 4 is 27.5 Å². The minimum atomic E-state index is -5.08. The van der Waals surface area contributed by atoms with Gasteiger partial charge in [-0.25, -0.2) is 4.79 Å². The quantitative estimate of drug-likeness (QED) is 0.613. The summed E-state index contributed by atoms with van der Waals surface area (Å²) in [4.78, 5) is 8.90. The van der Waals surface area contributed by atoms with Gasteiger partial charge in [-0.05, 0) is 33.7 Å². The molecule has 108 valence electrons. The van der Waals surface area contributed by atoms with E-state index in [9.17, 15) is 13.2 Å². The minimum absolute atomic E-state index is 1.31. The summed E-state index contributed by atoms with van der Waals surface area (Å²) >= 11 is 0. The number of hydrogen-bond acceptors (Lipinski definition) is 1. The zero-order chi connectivity index (χ0) is 15.5. The van der Waals surface area contributed by atoms with Crippen LogP contribution in [0.15, 0.2) is 60.7 Å². The maximum Gasteiger partial charge on any atom is 0.490 e. The van der Waals surface area contributed by atoms with E-state index in [4.69, 9.17) is 9.90 Å². The fourth-order valence-corrected chi connectivity index (χ4v) is 1.88. The van der Waals surface area contributed by atoms with E-state index in [0.717, 1.165) is 0 Å². The maximum absolute atomic E-state index is 10.6. The first kappa shape index (κ1) is 14.8. The molecule has 2 nitrogen and oxygen atoms in total. The molecule has 0 aliphatic rings. The van der Waals surface area contributed by atoms with Crippen molar-refractivity contribution in [2.45, 2.75) is 6.18 Å². The predicted molar refractivity (Wildman–Crippen MR) is 75.1 cm³/mol. The van der Waals surface area contributed by atoms with Gasteiger partial charge in [0.25, 0.3) is 0 Å². The average Bonchev–Trinajstić information content (AvgIpc) is 2.44. The van der Waals surface area contributed by atoms with Gasteiger partial charge in [-0.15, -0.1) is 0 Å². The molecule has 0 spiro atoms. The van der Waals surface area contributed by atoms with E-state index in [1.54, 1.807) is 0 Å². The number of carboxylic acids is 1. The lowest BCUT2D eigenvalue weighted by Gasteiger charge is -2.00. The summed E-state index contributed by atoms with van der Waals surface area (Å²) in [5.74, 6) is -2.76. The van der Waals surface area contributed by atoms with Crippen molar-refractivity contribution in [3.8, 4) is 0 Å². The number of carboxylic acid groups (broad SMARTS) is 1. The van der Waals surface area contributed by atoms with E-state index >= 15 is 0 Å². The molecule has 0 fully saturated rings. The third kappa shape index (κ3) is 3.72. The van der Waals surface area contributed by atoms with Gasteiger partial charge in [0, 0.05) is 0 Å². The largest absolute Gasteiger partial charge is 0.490 e. The first-order chi connectivity index (χ1) is 9.88. The Bertz CT molecular complexity index is 674. The molecule has 0 aliphatic carbocycles. The van der Waals surface area contributed by atoms with Crippen LogP contribution < -0.4 is 0 Å². The van der Waals surface area contributed by atoms with Crippen LogP contribution in [0, 0.1) is 0 Å². The Morgan fingerprint density at radius 3 is 1.19 bits per heavy atom. The minimum Gasteiger partial charge on any atom is -0.475 e.